The van der Waals surface area contributed by atoms with Crippen molar-refractivity contribution >= 4 is 28.9 Å². The minimum absolute atomic E-state index is 0.0564. The highest BCUT2D eigenvalue weighted by Crippen LogP contribution is 2.28. The van der Waals surface area contributed by atoms with Crippen LogP contribution in [0.2, 0.25) is 0 Å². The molecule has 0 fully saturated rings. The number of hydrogen-bond acceptors (Lipinski definition) is 5. The first-order chi connectivity index (χ1) is 13.5. The van der Waals surface area contributed by atoms with E-state index in [1.165, 1.54) is 11.3 Å². The first kappa shape index (κ1) is 19.8. The van der Waals surface area contributed by atoms with E-state index in [-0.39, 0.29) is 18.6 Å². The third-order valence-corrected chi connectivity index (χ3v) is 5.06. The zero-order valence-corrected chi connectivity index (χ0v) is 16.9. The van der Waals surface area contributed by atoms with Crippen molar-refractivity contribution < 1.29 is 14.3 Å². The molecule has 0 bridgehead atoms. The number of esters is 1. The molecular formula is C22H22N2O3S. The van der Waals surface area contributed by atoms with Gasteiger partial charge in [-0.05, 0) is 32.9 Å². The van der Waals surface area contributed by atoms with E-state index >= 15 is 0 Å². The first-order valence-electron chi connectivity index (χ1n) is 9.04. The molecule has 1 heterocycles. The maximum absolute atomic E-state index is 12.7. The number of benzene rings is 2. The Labute approximate surface area is 168 Å². The van der Waals surface area contributed by atoms with Crippen molar-refractivity contribution in [1.29, 1.82) is 0 Å². The number of aromatic nitrogens is 1. The number of anilines is 1. The van der Waals surface area contributed by atoms with Crippen LogP contribution in [0.25, 0.3) is 11.3 Å². The van der Waals surface area contributed by atoms with Gasteiger partial charge in [0.25, 0.3) is 5.91 Å². The monoisotopic (exact) mass is 394 g/mol. The molecule has 1 amide bonds. The summed E-state index contributed by atoms with van der Waals surface area (Å²) in [5.41, 5.74) is 2.21. The Morgan fingerprint density at radius 2 is 1.64 bits per heavy atom. The fourth-order valence-electron chi connectivity index (χ4n) is 2.94. The van der Waals surface area contributed by atoms with Gasteiger partial charge < -0.3 is 9.64 Å². The summed E-state index contributed by atoms with van der Waals surface area (Å²) in [7, 11) is 0. The third kappa shape index (κ3) is 4.46. The molecule has 0 spiro atoms. The average molecular weight is 394 g/mol. The lowest BCUT2D eigenvalue weighted by Crippen LogP contribution is -2.39. The first-order valence-corrected chi connectivity index (χ1v) is 9.86. The summed E-state index contributed by atoms with van der Waals surface area (Å²) in [5.74, 6) is -0.799. The standard InChI is InChI=1S/C22H22N2O3S/c1-15(2)24(18-12-8-5-9-13-18)19(25)14-27-22(26)21-20(23-16(3)28-21)17-10-6-4-7-11-17/h4-13,15H,14H2,1-3H3. The summed E-state index contributed by atoms with van der Waals surface area (Å²) in [6, 6.07) is 18.8. The molecule has 6 heteroatoms. The summed E-state index contributed by atoms with van der Waals surface area (Å²) < 4.78 is 5.36. The number of rotatable bonds is 6. The van der Waals surface area contributed by atoms with Crippen LogP contribution in [-0.4, -0.2) is 29.5 Å². The summed E-state index contributed by atoms with van der Waals surface area (Å²) in [6.07, 6.45) is 0. The number of carbonyl (C=O) groups is 2. The van der Waals surface area contributed by atoms with E-state index < -0.39 is 5.97 Å². The fourth-order valence-corrected chi connectivity index (χ4v) is 3.77. The molecule has 0 saturated carbocycles. The molecule has 2 aromatic carbocycles. The molecule has 0 atom stereocenters. The summed E-state index contributed by atoms with van der Waals surface area (Å²) in [5, 5.41) is 0.769. The van der Waals surface area contributed by atoms with Gasteiger partial charge >= 0.3 is 5.97 Å². The molecule has 5 nitrogen and oxygen atoms in total. The second-order valence-corrected chi connectivity index (χ2v) is 7.75. The molecule has 0 aliphatic heterocycles. The molecule has 3 rings (SSSR count). The van der Waals surface area contributed by atoms with E-state index in [1.807, 2.05) is 81.4 Å². The molecule has 3 aromatic rings. The van der Waals surface area contributed by atoms with E-state index in [0.29, 0.717) is 10.6 Å². The van der Waals surface area contributed by atoms with Crippen molar-refractivity contribution in [2.75, 3.05) is 11.5 Å². The minimum Gasteiger partial charge on any atom is -0.451 e. The average Bonchev–Trinajstić information content (AvgIpc) is 3.09. The SMILES string of the molecule is Cc1nc(-c2ccccc2)c(C(=O)OCC(=O)N(c2ccccc2)C(C)C)s1. The van der Waals surface area contributed by atoms with Crippen LogP contribution in [0.5, 0.6) is 0 Å². The van der Waals surface area contributed by atoms with Crippen molar-refractivity contribution in [2.45, 2.75) is 26.8 Å². The number of thiazole rings is 1. The van der Waals surface area contributed by atoms with Crippen LogP contribution < -0.4 is 4.90 Å². The minimum atomic E-state index is -0.533. The number of nitrogens with zero attached hydrogens (tertiary/aromatic N) is 2. The lowest BCUT2D eigenvalue weighted by Gasteiger charge is -2.26. The normalized spacial score (nSPS) is 10.7. The molecule has 144 valence electrons. The van der Waals surface area contributed by atoms with Gasteiger partial charge in [-0.1, -0.05) is 48.5 Å². The Morgan fingerprint density at radius 1 is 1.04 bits per heavy atom. The van der Waals surface area contributed by atoms with Crippen molar-refractivity contribution in [3.05, 3.63) is 70.5 Å². The topological polar surface area (TPSA) is 59.5 Å². The van der Waals surface area contributed by atoms with Crippen LogP contribution in [0, 0.1) is 6.92 Å². The van der Waals surface area contributed by atoms with Gasteiger partial charge in [0.05, 0.1) is 10.7 Å². The van der Waals surface area contributed by atoms with E-state index in [2.05, 4.69) is 4.98 Å². The van der Waals surface area contributed by atoms with Gasteiger partial charge in [0, 0.05) is 17.3 Å². The van der Waals surface area contributed by atoms with E-state index in [4.69, 9.17) is 4.74 Å². The molecule has 28 heavy (non-hydrogen) atoms. The Hall–Kier alpha value is -2.99. The van der Waals surface area contributed by atoms with Gasteiger partial charge in [0.15, 0.2) is 6.61 Å². The number of carbonyl (C=O) groups excluding carboxylic acids is 2. The highest BCUT2D eigenvalue weighted by atomic mass is 32.1. The Morgan fingerprint density at radius 3 is 2.25 bits per heavy atom. The van der Waals surface area contributed by atoms with Gasteiger partial charge in [0.1, 0.15) is 4.88 Å². The van der Waals surface area contributed by atoms with Crippen LogP contribution in [-0.2, 0) is 9.53 Å². The second kappa shape index (κ2) is 8.80. The van der Waals surface area contributed by atoms with Crippen LogP contribution in [0.15, 0.2) is 60.7 Å². The molecule has 0 aliphatic carbocycles. The van der Waals surface area contributed by atoms with Crippen molar-refractivity contribution in [3.63, 3.8) is 0 Å². The van der Waals surface area contributed by atoms with Gasteiger partial charge in [0.2, 0.25) is 0 Å². The summed E-state index contributed by atoms with van der Waals surface area (Å²) in [4.78, 5) is 31.9. The summed E-state index contributed by atoms with van der Waals surface area (Å²) >= 11 is 1.27. The smallest absolute Gasteiger partial charge is 0.351 e. The van der Waals surface area contributed by atoms with Crippen LogP contribution in [0.3, 0.4) is 0 Å². The second-order valence-electron chi connectivity index (χ2n) is 6.55. The molecule has 0 unspecified atom stereocenters. The van der Waals surface area contributed by atoms with E-state index in [0.717, 1.165) is 16.3 Å². The number of amides is 1. The van der Waals surface area contributed by atoms with Gasteiger partial charge in [-0.3, -0.25) is 4.79 Å². The van der Waals surface area contributed by atoms with Gasteiger partial charge in [-0.25, -0.2) is 9.78 Å². The zero-order valence-electron chi connectivity index (χ0n) is 16.1. The maximum atomic E-state index is 12.7. The fraction of sp³-hybridized carbons (Fsp3) is 0.227. The molecule has 0 N–H and O–H groups in total. The Bertz CT molecular complexity index is 952. The summed E-state index contributed by atoms with van der Waals surface area (Å²) in [6.45, 7) is 5.37. The van der Waals surface area contributed by atoms with Crippen LogP contribution >= 0.6 is 11.3 Å². The predicted octanol–water partition coefficient (Wildman–Crippen LogP) is 4.72. The van der Waals surface area contributed by atoms with Crippen molar-refractivity contribution in [1.82, 2.24) is 4.98 Å². The maximum Gasteiger partial charge on any atom is 0.351 e. The number of aryl methyl sites for hydroxylation is 1. The van der Waals surface area contributed by atoms with Crippen molar-refractivity contribution in [2.24, 2.45) is 0 Å². The predicted molar refractivity (Wildman–Crippen MR) is 112 cm³/mol. The molecule has 0 saturated heterocycles. The van der Waals surface area contributed by atoms with E-state index in [9.17, 15) is 9.59 Å². The zero-order chi connectivity index (χ0) is 20.1. The molecule has 0 aliphatic rings. The quantitative estimate of drug-likeness (QED) is 0.568. The largest absolute Gasteiger partial charge is 0.451 e. The van der Waals surface area contributed by atoms with Gasteiger partial charge in [-0.15, -0.1) is 11.3 Å². The van der Waals surface area contributed by atoms with Crippen molar-refractivity contribution in [3.8, 4) is 11.3 Å². The Kier molecular flexibility index (Phi) is 6.21. The highest BCUT2D eigenvalue weighted by molar-refractivity contribution is 7.14. The Balaban J connectivity index is 1.75. The number of ether oxygens (including phenoxy) is 1. The number of para-hydroxylation sites is 1. The van der Waals surface area contributed by atoms with Crippen LogP contribution in [0.1, 0.15) is 28.5 Å². The van der Waals surface area contributed by atoms with Gasteiger partial charge in [-0.2, -0.15) is 0 Å². The van der Waals surface area contributed by atoms with Crippen LogP contribution in [0.4, 0.5) is 5.69 Å². The third-order valence-electron chi connectivity index (χ3n) is 4.11. The lowest BCUT2D eigenvalue weighted by atomic mass is 10.1. The van der Waals surface area contributed by atoms with E-state index in [1.54, 1.807) is 4.90 Å². The lowest BCUT2D eigenvalue weighted by molar-refractivity contribution is -0.122. The molecule has 0 radical (unpaired) electrons. The molecule has 1 aromatic heterocycles. The number of hydrogen-bond donors (Lipinski definition) is 0. The highest BCUT2D eigenvalue weighted by Gasteiger charge is 2.23. The molecular weight excluding hydrogens is 372 g/mol.